The van der Waals surface area contributed by atoms with Crippen molar-refractivity contribution in [1.82, 2.24) is 10.1 Å². The first-order chi connectivity index (χ1) is 7.31. The Morgan fingerprint density at radius 3 is 3.13 bits per heavy atom. The molecule has 1 aromatic rings. The van der Waals surface area contributed by atoms with E-state index in [9.17, 15) is 0 Å². The first-order valence-corrected chi connectivity index (χ1v) is 8.10. The summed E-state index contributed by atoms with van der Waals surface area (Å²) in [6.07, 6.45) is 0.966. The number of thioether (sulfide) groups is 2. The Morgan fingerprint density at radius 2 is 2.47 bits per heavy atom. The zero-order valence-electron chi connectivity index (χ0n) is 8.48. The van der Waals surface area contributed by atoms with Crippen molar-refractivity contribution >= 4 is 39.5 Å². The maximum atomic E-state index is 5.24. The van der Waals surface area contributed by atoms with Gasteiger partial charge in [0.1, 0.15) is 0 Å². The fourth-order valence-corrected chi connectivity index (χ4v) is 4.09. The van der Waals surface area contributed by atoms with E-state index in [2.05, 4.69) is 33.0 Å². The quantitative estimate of drug-likeness (QED) is 0.800. The number of hydrogen-bond donors (Lipinski definition) is 0. The highest BCUT2D eigenvalue weighted by atomic mass is 79.9. The average molecular weight is 309 g/mol. The van der Waals surface area contributed by atoms with Crippen LogP contribution in [0, 0.1) is 0 Å². The van der Waals surface area contributed by atoms with Gasteiger partial charge >= 0.3 is 0 Å². The summed E-state index contributed by atoms with van der Waals surface area (Å²) < 4.78 is 5.24. The highest BCUT2D eigenvalue weighted by molar-refractivity contribution is 9.09. The zero-order chi connectivity index (χ0) is 10.7. The summed E-state index contributed by atoms with van der Waals surface area (Å²) in [5.41, 5.74) is 0. The van der Waals surface area contributed by atoms with Crippen LogP contribution in [-0.2, 0) is 0 Å². The topological polar surface area (TPSA) is 38.9 Å². The van der Waals surface area contributed by atoms with Gasteiger partial charge in [-0.2, -0.15) is 16.7 Å². The molecule has 0 bridgehead atoms. The molecule has 1 saturated heterocycles. The lowest BCUT2D eigenvalue weighted by molar-refractivity contribution is 0.371. The van der Waals surface area contributed by atoms with Crippen LogP contribution in [0.15, 0.2) is 4.52 Å². The van der Waals surface area contributed by atoms with Crippen molar-refractivity contribution in [3.8, 4) is 0 Å². The molecule has 2 unspecified atom stereocenters. The molecule has 15 heavy (non-hydrogen) atoms. The molecule has 1 aliphatic heterocycles. The van der Waals surface area contributed by atoms with E-state index in [1.165, 1.54) is 11.5 Å². The Balaban J connectivity index is 2.05. The van der Waals surface area contributed by atoms with Gasteiger partial charge in [0.2, 0.25) is 5.89 Å². The van der Waals surface area contributed by atoms with Crippen LogP contribution in [0.3, 0.4) is 0 Å². The van der Waals surface area contributed by atoms with Crippen molar-refractivity contribution in [3.63, 3.8) is 0 Å². The van der Waals surface area contributed by atoms with Crippen LogP contribution in [0.5, 0.6) is 0 Å². The molecule has 0 saturated carbocycles. The van der Waals surface area contributed by atoms with Crippen molar-refractivity contribution in [2.75, 3.05) is 17.3 Å². The molecule has 3 nitrogen and oxygen atoms in total. The molecule has 0 N–H and O–H groups in total. The fourth-order valence-electron chi connectivity index (χ4n) is 1.32. The molecule has 6 heteroatoms. The molecular formula is C9H13BrN2OS2. The van der Waals surface area contributed by atoms with E-state index >= 15 is 0 Å². The normalized spacial score (nSPS) is 24.0. The Hall–Kier alpha value is 0.320. The number of hydrogen-bond acceptors (Lipinski definition) is 5. The summed E-state index contributed by atoms with van der Waals surface area (Å²) in [6.45, 7) is 2.09. The van der Waals surface area contributed by atoms with E-state index in [0.717, 1.165) is 18.0 Å². The van der Waals surface area contributed by atoms with Gasteiger partial charge in [-0.15, -0.1) is 11.8 Å². The van der Waals surface area contributed by atoms with Crippen LogP contribution in [0.1, 0.15) is 35.1 Å². The van der Waals surface area contributed by atoms with Gasteiger partial charge in [-0.05, 0) is 6.42 Å². The highest BCUT2D eigenvalue weighted by Gasteiger charge is 2.23. The van der Waals surface area contributed by atoms with Gasteiger partial charge in [0.15, 0.2) is 5.82 Å². The van der Waals surface area contributed by atoms with Gasteiger partial charge in [-0.3, -0.25) is 0 Å². The maximum Gasteiger partial charge on any atom is 0.240 e. The predicted molar refractivity (Wildman–Crippen MR) is 68.8 cm³/mol. The van der Waals surface area contributed by atoms with Crippen molar-refractivity contribution in [2.45, 2.75) is 23.4 Å². The maximum absolute atomic E-state index is 5.24. The molecule has 2 atom stereocenters. The largest absolute Gasteiger partial charge is 0.338 e. The third-order valence-corrected chi connectivity index (χ3v) is 5.98. The third kappa shape index (κ3) is 2.91. The van der Waals surface area contributed by atoms with Gasteiger partial charge < -0.3 is 4.52 Å². The second kappa shape index (κ2) is 5.59. The summed E-state index contributed by atoms with van der Waals surface area (Å²) in [6, 6.07) is 0. The predicted octanol–water partition coefficient (Wildman–Crippen LogP) is 3.44. The van der Waals surface area contributed by atoms with E-state index in [4.69, 9.17) is 4.52 Å². The molecule has 84 valence electrons. The Labute approximate surface area is 106 Å². The minimum atomic E-state index is 0.194. The van der Waals surface area contributed by atoms with Gasteiger partial charge in [0.05, 0.1) is 10.1 Å². The van der Waals surface area contributed by atoms with E-state index in [0.29, 0.717) is 11.1 Å². The molecule has 0 aromatic carbocycles. The van der Waals surface area contributed by atoms with Crippen molar-refractivity contribution in [1.29, 1.82) is 0 Å². The first-order valence-electron chi connectivity index (χ1n) is 4.98. The standard InChI is InChI=1S/C9H13BrN2OS2/c1-2-6(10)9-11-8(12-13-9)7-5-14-3-4-15-7/h6-7H,2-5H2,1H3. The molecular weight excluding hydrogens is 296 g/mol. The Bertz CT molecular complexity index is 315. The molecule has 0 aliphatic carbocycles. The first kappa shape index (κ1) is 11.8. The van der Waals surface area contributed by atoms with Crippen LogP contribution in [0.4, 0.5) is 0 Å². The molecule has 1 aromatic heterocycles. The van der Waals surface area contributed by atoms with Crippen LogP contribution in [-0.4, -0.2) is 27.4 Å². The molecule has 1 fully saturated rings. The second-order valence-electron chi connectivity index (χ2n) is 3.30. The van der Waals surface area contributed by atoms with Gasteiger partial charge in [0, 0.05) is 17.3 Å². The summed E-state index contributed by atoms with van der Waals surface area (Å²) in [7, 11) is 0. The van der Waals surface area contributed by atoms with Crippen LogP contribution in [0.25, 0.3) is 0 Å². The smallest absolute Gasteiger partial charge is 0.240 e. The highest BCUT2D eigenvalue weighted by Crippen LogP contribution is 2.36. The molecule has 0 spiro atoms. The van der Waals surface area contributed by atoms with E-state index in [1.807, 2.05) is 23.5 Å². The minimum Gasteiger partial charge on any atom is -0.338 e. The molecule has 2 heterocycles. The summed E-state index contributed by atoms with van der Waals surface area (Å²) in [5.74, 6) is 5.10. The molecule has 1 aliphatic rings. The molecule has 0 amide bonds. The van der Waals surface area contributed by atoms with Gasteiger partial charge in [-0.1, -0.05) is 28.0 Å². The van der Waals surface area contributed by atoms with Crippen molar-refractivity contribution in [3.05, 3.63) is 11.7 Å². The lowest BCUT2D eigenvalue weighted by Crippen LogP contribution is -2.08. The SMILES string of the molecule is CCC(Br)c1nc(C2CSCCS2)no1. The van der Waals surface area contributed by atoms with Crippen LogP contribution < -0.4 is 0 Å². The summed E-state index contributed by atoms with van der Waals surface area (Å²) in [4.78, 5) is 4.64. The van der Waals surface area contributed by atoms with Crippen LogP contribution in [0.2, 0.25) is 0 Å². The number of rotatable bonds is 3. The van der Waals surface area contributed by atoms with E-state index in [1.54, 1.807) is 0 Å². The number of nitrogens with zero attached hydrogens (tertiary/aromatic N) is 2. The summed E-state index contributed by atoms with van der Waals surface area (Å²) in [5, 5.41) is 4.47. The average Bonchev–Trinajstić information content (AvgIpc) is 2.78. The lowest BCUT2D eigenvalue weighted by atomic mass is 10.3. The third-order valence-electron chi connectivity index (χ3n) is 2.19. The number of halogens is 1. The summed E-state index contributed by atoms with van der Waals surface area (Å²) >= 11 is 7.41. The van der Waals surface area contributed by atoms with Gasteiger partial charge in [0.25, 0.3) is 0 Å². The molecule has 0 radical (unpaired) electrons. The second-order valence-corrected chi connectivity index (χ2v) is 6.87. The zero-order valence-corrected chi connectivity index (χ0v) is 11.7. The fraction of sp³-hybridized carbons (Fsp3) is 0.778. The Kier molecular flexibility index (Phi) is 4.40. The number of aromatic nitrogens is 2. The van der Waals surface area contributed by atoms with Gasteiger partial charge in [-0.25, -0.2) is 0 Å². The molecule has 2 rings (SSSR count). The lowest BCUT2D eigenvalue weighted by Gasteiger charge is -2.17. The van der Waals surface area contributed by atoms with Crippen molar-refractivity contribution in [2.24, 2.45) is 0 Å². The van der Waals surface area contributed by atoms with Crippen LogP contribution >= 0.6 is 39.5 Å². The minimum absolute atomic E-state index is 0.194. The monoisotopic (exact) mass is 308 g/mol. The Morgan fingerprint density at radius 1 is 1.60 bits per heavy atom. The van der Waals surface area contributed by atoms with E-state index < -0.39 is 0 Å². The number of alkyl halides is 1. The van der Waals surface area contributed by atoms with E-state index in [-0.39, 0.29) is 4.83 Å². The van der Waals surface area contributed by atoms with Crippen molar-refractivity contribution < 1.29 is 4.52 Å².